The molecule has 0 saturated carbocycles. The number of nitrogens with two attached hydrogens (primary N) is 1. The zero-order chi connectivity index (χ0) is 10.8. The Labute approximate surface area is 89.0 Å². The molecule has 4 heteroatoms. The van der Waals surface area contributed by atoms with Gasteiger partial charge < -0.3 is 15.1 Å². The van der Waals surface area contributed by atoms with E-state index in [0.29, 0.717) is 12.3 Å². The molecule has 2 heterocycles. The fraction of sp³-hybridized carbons (Fsp3) is 0.545. The summed E-state index contributed by atoms with van der Waals surface area (Å²) in [6, 6.07) is 3.72. The van der Waals surface area contributed by atoms with Crippen molar-refractivity contribution in [3.8, 4) is 0 Å². The lowest BCUT2D eigenvalue weighted by Gasteiger charge is -2.22. The molecule has 0 radical (unpaired) electrons. The first-order chi connectivity index (χ1) is 7.22. The minimum Gasteiger partial charge on any atom is -0.456 e. The van der Waals surface area contributed by atoms with E-state index >= 15 is 0 Å². The highest BCUT2D eigenvalue weighted by atomic mass is 16.3. The van der Waals surface area contributed by atoms with Gasteiger partial charge in [0.05, 0.1) is 0 Å². The van der Waals surface area contributed by atoms with Crippen LogP contribution < -0.4 is 5.73 Å². The number of carbonyl (C=O) groups is 1. The second kappa shape index (κ2) is 4.06. The molecule has 2 N–H and O–H groups in total. The van der Waals surface area contributed by atoms with E-state index in [4.69, 9.17) is 10.2 Å². The van der Waals surface area contributed by atoms with Gasteiger partial charge in [-0.1, -0.05) is 0 Å². The lowest BCUT2D eigenvalue weighted by molar-refractivity contribution is 0.0707. The topological polar surface area (TPSA) is 59.5 Å². The first-order valence-corrected chi connectivity index (χ1v) is 5.30. The van der Waals surface area contributed by atoms with Crippen LogP contribution in [0.25, 0.3) is 0 Å². The fourth-order valence-corrected chi connectivity index (χ4v) is 2.04. The van der Waals surface area contributed by atoms with Crippen molar-refractivity contribution in [2.24, 2.45) is 5.73 Å². The van der Waals surface area contributed by atoms with E-state index in [0.717, 1.165) is 25.1 Å². The van der Waals surface area contributed by atoms with E-state index < -0.39 is 0 Å². The number of aryl methyl sites for hydroxylation is 1. The van der Waals surface area contributed by atoms with Crippen molar-refractivity contribution in [3.63, 3.8) is 0 Å². The molecule has 1 aromatic rings. The number of carbonyl (C=O) groups excluding carboxylic acids is 1. The number of rotatable bonds is 2. The first kappa shape index (κ1) is 10.2. The lowest BCUT2D eigenvalue weighted by Crippen LogP contribution is -2.39. The molecule has 1 aliphatic rings. The molecule has 1 aromatic heterocycles. The van der Waals surface area contributed by atoms with Gasteiger partial charge in [-0.3, -0.25) is 4.79 Å². The van der Waals surface area contributed by atoms with Crippen LogP contribution in [0.2, 0.25) is 0 Å². The van der Waals surface area contributed by atoms with Crippen LogP contribution in [0.4, 0.5) is 0 Å². The van der Waals surface area contributed by atoms with Gasteiger partial charge in [-0.05, 0) is 31.9 Å². The van der Waals surface area contributed by atoms with Crippen molar-refractivity contribution < 1.29 is 9.21 Å². The lowest BCUT2D eigenvalue weighted by atomic mass is 10.2. The van der Waals surface area contributed by atoms with Crippen LogP contribution in [-0.2, 0) is 0 Å². The molecule has 1 fully saturated rings. The van der Waals surface area contributed by atoms with Crippen molar-refractivity contribution in [1.82, 2.24) is 4.90 Å². The second-order valence-electron chi connectivity index (χ2n) is 3.94. The molecule has 1 unspecified atom stereocenters. The van der Waals surface area contributed by atoms with Crippen LogP contribution >= 0.6 is 0 Å². The van der Waals surface area contributed by atoms with E-state index in [-0.39, 0.29) is 11.9 Å². The first-order valence-electron chi connectivity index (χ1n) is 5.30. The van der Waals surface area contributed by atoms with Crippen LogP contribution in [0.5, 0.6) is 0 Å². The summed E-state index contributed by atoms with van der Waals surface area (Å²) in [5, 5.41) is 0. The Bertz CT molecular complexity index is 359. The molecule has 1 atom stereocenters. The third kappa shape index (κ3) is 1.90. The summed E-state index contributed by atoms with van der Waals surface area (Å²) >= 11 is 0. The second-order valence-corrected chi connectivity index (χ2v) is 3.94. The summed E-state index contributed by atoms with van der Waals surface area (Å²) in [5.74, 6) is 1.16. The normalized spacial score (nSPS) is 20.9. The third-order valence-corrected chi connectivity index (χ3v) is 2.86. The Kier molecular flexibility index (Phi) is 2.77. The Morgan fingerprint density at radius 3 is 3.07 bits per heavy atom. The van der Waals surface area contributed by atoms with Gasteiger partial charge in [0, 0.05) is 19.1 Å². The molecule has 0 aliphatic carbocycles. The summed E-state index contributed by atoms with van der Waals surface area (Å²) in [4.78, 5) is 13.8. The highest BCUT2D eigenvalue weighted by Crippen LogP contribution is 2.20. The number of nitrogens with zero attached hydrogens (tertiary/aromatic N) is 1. The van der Waals surface area contributed by atoms with Crippen molar-refractivity contribution in [3.05, 3.63) is 23.7 Å². The van der Waals surface area contributed by atoms with E-state index in [1.807, 2.05) is 11.8 Å². The highest BCUT2D eigenvalue weighted by molar-refractivity contribution is 5.92. The van der Waals surface area contributed by atoms with Gasteiger partial charge >= 0.3 is 0 Å². The predicted molar refractivity (Wildman–Crippen MR) is 56.6 cm³/mol. The minimum absolute atomic E-state index is 0.0314. The number of likely N-dealkylation sites (tertiary alicyclic amines) is 1. The van der Waals surface area contributed by atoms with Crippen LogP contribution in [0.15, 0.2) is 16.5 Å². The molecule has 82 valence electrons. The summed E-state index contributed by atoms with van der Waals surface area (Å²) in [5.41, 5.74) is 5.62. The maximum Gasteiger partial charge on any atom is 0.289 e. The number of furan rings is 1. The summed E-state index contributed by atoms with van der Waals surface area (Å²) in [6.45, 7) is 3.16. The Hall–Kier alpha value is -1.29. The molecule has 0 aromatic carbocycles. The smallest absolute Gasteiger partial charge is 0.289 e. The molecular weight excluding hydrogens is 192 g/mol. The minimum atomic E-state index is -0.0314. The third-order valence-electron chi connectivity index (χ3n) is 2.86. The monoisotopic (exact) mass is 208 g/mol. The maximum absolute atomic E-state index is 12.0. The van der Waals surface area contributed by atoms with Crippen molar-refractivity contribution in [1.29, 1.82) is 0 Å². The summed E-state index contributed by atoms with van der Waals surface area (Å²) in [7, 11) is 0. The summed E-state index contributed by atoms with van der Waals surface area (Å²) < 4.78 is 5.32. The van der Waals surface area contributed by atoms with Crippen LogP contribution in [-0.4, -0.2) is 29.9 Å². The van der Waals surface area contributed by atoms with Gasteiger partial charge in [0.15, 0.2) is 5.76 Å². The molecule has 0 spiro atoms. The zero-order valence-corrected chi connectivity index (χ0v) is 8.90. The molecule has 4 nitrogen and oxygen atoms in total. The molecular formula is C11H16N2O2. The summed E-state index contributed by atoms with van der Waals surface area (Å²) in [6.07, 6.45) is 2.04. The zero-order valence-electron chi connectivity index (χ0n) is 8.90. The highest BCUT2D eigenvalue weighted by Gasteiger charge is 2.29. The molecule has 15 heavy (non-hydrogen) atoms. The average molecular weight is 208 g/mol. The maximum atomic E-state index is 12.0. The molecule has 0 bridgehead atoms. The van der Waals surface area contributed by atoms with Gasteiger partial charge in [-0.15, -0.1) is 0 Å². The average Bonchev–Trinajstić information content (AvgIpc) is 2.84. The molecule has 1 aliphatic heterocycles. The van der Waals surface area contributed by atoms with Crippen LogP contribution in [0.1, 0.15) is 29.2 Å². The van der Waals surface area contributed by atoms with Crippen molar-refractivity contribution >= 4 is 5.91 Å². The van der Waals surface area contributed by atoms with Crippen LogP contribution in [0.3, 0.4) is 0 Å². The number of amides is 1. The van der Waals surface area contributed by atoms with Crippen molar-refractivity contribution in [2.45, 2.75) is 25.8 Å². The van der Waals surface area contributed by atoms with Gasteiger partial charge in [0.1, 0.15) is 5.76 Å². The Balaban J connectivity index is 2.13. The quantitative estimate of drug-likeness (QED) is 0.793. The van der Waals surface area contributed by atoms with Gasteiger partial charge in [0.2, 0.25) is 0 Å². The van der Waals surface area contributed by atoms with Gasteiger partial charge in [-0.2, -0.15) is 0 Å². The van der Waals surface area contributed by atoms with Gasteiger partial charge in [-0.25, -0.2) is 0 Å². The predicted octanol–water partition coefficient (Wildman–Crippen LogP) is 1.15. The fourth-order valence-electron chi connectivity index (χ4n) is 2.04. The molecule has 2 rings (SSSR count). The van der Waals surface area contributed by atoms with Gasteiger partial charge in [0.25, 0.3) is 5.91 Å². The Morgan fingerprint density at radius 2 is 2.47 bits per heavy atom. The molecule has 1 amide bonds. The van der Waals surface area contributed by atoms with E-state index in [2.05, 4.69) is 0 Å². The van der Waals surface area contributed by atoms with E-state index in [1.165, 1.54) is 0 Å². The molecule has 1 saturated heterocycles. The van der Waals surface area contributed by atoms with E-state index in [9.17, 15) is 4.79 Å². The Morgan fingerprint density at radius 1 is 1.67 bits per heavy atom. The SMILES string of the molecule is Cc1ccc(C(=O)N2CCCC2CN)o1. The number of hydrogen-bond acceptors (Lipinski definition) is 3. The largest absolute Gasteiger partial charge is 0.456 e. The van der Waals surface area contributed by atoms with E-state index in [1.54, 1.807) is 12.1 Å². The van der Waals surface area contributed by atoms with Crippen LogP contribution in [0, 0.1) is 6.92 Å². The number of hydrogen-bond donors (Lipinski definition) is 1. The standard InChI is InChI=1S/C11H16N2O2/c1-8-4-5-10(15-8)11(14)13-6-2-3-9(13)7-12/h4-5,9H,2-3,6-7,12H2,1H3. The van der Waals surface area contributed by atoms with Crippen molar-refractivity contribution in [2.75, 3.05) is 13.1 Å².